The molecule has 4 nitrogen and oxygen atoms in total. The first-order valence-corrected chi connectivity index (χ1v) is 8.99. The summed E-state index contributed by atoms with van der Waals surface area (Å²) in [6.07, 6.45) is 0.796. The van der Waals surface area contributed by atoms with E-state index in [2.05, 4.69) is 60.1 Å². The number of hydrogen-bond donors (Lipinski definition) is 1. The zero-order valence-corrected chi connectivity index (χ0v) is 14.8. The third-order valence-corrected chi connectivity index (χ3v) is 4.82. The molecule has 124 valence electrons. The molecule has 2 aromatic carbocycles. The molecule has 3 aromatic rings. The highest BCUT2D eigenvalue weighted by Gasteiger charge is 2.18. The van der Waals surface area contributed by atoms with Gasteiger partial charge in [-0.3, -0.25) is 0 Å². The Bertz CT molecular complexity index is 801. The van der Waals surface area contributed by atoms with E-state index in [-0.39, 0.29) is 6.04 Å². The summed E-state index contributed by atoms with van der Waals surface area (Å²) >= 11 is 1.57. The second-order valence-electron chi connectivity index (χ2n) is 6.01. The molecule has 0 saturated heterocycles. The van der Waals surface area contributed by atoms with Gasteiger partial charge in [0.05, 0.1) is 0 Å². The molecule has 0 spiro atoms. The van der Waals surface area contributed by atoms with Crippen LogP contribution in [0.5, 0.6) is 0 Å². The fourth-order valence-corrected chi connectivity index (χ4v) is 3.36. The van der Waals surface area contributed by atoms with Crippen molar-refractivity contribution in [3.63, 3.8) is 0 Å². The Morgan fingerprint density at radius 1 is 1.08 bits per heavy atom. The van der Waals surface area contributed by atoms with Crippen LogP contribution in [0.1, 0.15) is 34.2 Å². The van der Waals surface area contributed by atoms with E-state index < -0.39 is 0 Å². The maximum absolute atomic E-state index is 5.79. The van der Waals surface area contributed by atoms with E-state index in [1.54, 1.807) is 11.8 Å². The van der Waals surface area contributed by atoms with E-state index in [4.69, 9.17) is 4.42 Å². The van der Waals surface area contributed by atoms with Gasteiger partial charge in [-0.1, -0.05) is 65.9 Å². The Balaban J connectivity index is 1.62. The fourth-order valence-electron chi connectivity index (χ4n) is 2.52. The molecule has 0 radical (unpaired) electrons. The van der Waals surface area contributed by atoms with Crippen LogP contribution in [0.3, 0.4) is 0 Å². The molecule has 3 rings (SSSR count). The highest BCUT2D eigenvalue weighted by Crippen LogP contribution is 2.25. The molecule has 0 fully saturated rings. The predicted octanol–water partition coefficient (Wildman–Crippen LogP) is 3.50. The molecule has 1 heterocycles. The average molecular weight is 340 g/mol. The highest BCUT2D eigenvalue weighted by molar-refractivity contribution is 7.98. The minimum Gasteiger partial charge on any atom is -0.410 e. The van der Waals surface area contributed by atoms with Gasteiger partial charge in [-0.15, -0.1) is 10.2 Å². The number of nitrogens with zero attached hydrogens (tertiary/aromatic N) is 2. The van der Waals surface area contributed by atoms with Crippen LogP contribution in [0.2, 0.25) is 0 Å². The Morgan fingerprint density at radius 3 is 2.67 bits per heavy atom. The van der Waals surface area contributed by atoms with E-state index in [1.807, 2.05) is 18.2 Å². The van der Waals surface area contributed by atoms with Crippen LogP contribution in [0.25, 0.3) is 0 Å². The van der Waals surface area contributed by atoms with E-state index >= 15 is 0 Å². The zero-order valence-electron chi connectivity index (χ0n) is 14.0. The maximum Gasteiger partial charge on any atom is 0.277 e. The molecule has 3 N–H and O–H groups in total. The zero-order chi connectivity index (χ0) is 16.9. The van der Waals surface area contributed by atoms with Crippen LogP contribution >= 0.6 is 11.8 Å². The standard InChI is InChI=1S/C19H21N3OS/c1-13-8-9-14(2)16(10-13)12-24-19-22-21-18(23-19)17(20)11-15-6-4-3-5-7-15/h3-10,17H,11-12,20H2,1-2H3/p+1. The van der Waals surface area contributed by atoms with Gasteiger partial charge in [0.2, 0.25) is 0 Å². The van der Waals surface area contributed by atoms with Crippen LogP contribution in [0, 0.1) is 13.8 Å². The van der Waals surface area contributed by atoms with Crippen molar-refractivity contribution in [2.45, 2.75) is 37.3 Å². The molecule has 1 aromatic heterocycles. The first-order valence-electron chi connectivity index (χ1n) is 8.01. The van der Waals surface area contributed by atoms with Crippen LogP contribution < -0.4 is 5.73 Å². The van der Waals surface area contributed by atoms with Crippen LogP contribution in [-0.4, -0.2) is 10.2 Å². The molecule has 0 bridgehead atoms. The van der Waals surface area contributed by atoms with Crippen LogP contribution in [-0.2, 0) is 12.2 Å². The van der Waals surface area contributed by atoms with Gasteiger partial charge in [-0.25, -0.2) is 0 Å². The molecule has 0 saturated carbocycles. The van der Waals surface area contributed by atoms with Crippen molar-refractivity contribution < 1.29 is 10.2 Å². The molecular formula is C19H22N3OS+. The van der Waals surface area contributed by atoms with E-state index in [9.17, 15) is 0 Å². The molecule has 5 heteroatoms. The van der Waals surface area contributed by atoms with Gasteiger partial charge in [0.1, 0.15) is 0 Å². The van der Waals surface area contributed by atoms with Crippen LogP contribution in [0.4, 0.5) is 0 Å². The van der Waals surface area contributed by atoms with Gasteiger partial charge < -0.3 is 10.2 Å². The molecule has 0 aliphatic rings. The van der Waals surface area contributed by atoms with Crippen molar-refractivity contribution >= 4 is 11.8 Å². The summed E-state index contributed by atoms with van der Waals surface area (Å²) < 4.78 is 5.79. The molecule has 1 atom stereocenters. The van der Waals surface area contributed by atoms with Gasteiger partial charge in [-0.05, 0) is 30.5 Å². The molecular weight excluding hydrogens is 318 g/mol. The number of hydrogen-bond acceptors (Lipinski definition) is 4. The smallest absolute Gasteiger partial charge is 0.277 e. The monoisotopic (exact) mass is 340 g/mol. The Labute approximate surface area is 146 Å². The summed E-state index contributed by atoms with van der Waals surface area (Å²) in [6.45, 7) is 4.23. The lowest BCUT2D eigenvalue weighted by Crippen LogP contribution is -2.54. The Kier molecular flexibility index (Phi) is 5.33. The first kappa shape index (κ1) is 16.7. The highest BCUT2D eigenvalue weighted by atomic mass is 32.2. The minimum atomic E-state index is -0.0324. The molecule has 24 heavy (non-hydrogen) atoms. The molecule has 0 aliphatic carbocycles. The van der Waals surface area contributed by atoms with Crippen molar-refractivity contribution in [2.24, 2.45) is 0 Å². The number of quaternary nitrogens is 1. The Morgan fingerprint density at radius 2 is 1.88 bits per heavy atom. The third-order valence-electron chi connectivity index (χ3n) is 3.95. The number of aryl methyl sites for hydroxylation is 2. The SMILES string of the molecule is Cc1ccc(C)c(CSc2nnc(C([NH3+])Cc3ccccc3)o2)c1. The summed E-state index contributed by atoms with van der Waals surface area (Å²) in [7, 11) is 0. The lowest BCUT2D eigenvalue weighted by molar-refractivity contribution is -0.431. The maximum atomic E-state index is 5.79. The average Bonchev–Trinajstić information content (AvgIpc) is 3.06. The fraction of sp³-hybridized carbons (Fsp3) is 0.263. The van der Waals surface area contributed by atoms with E-state index in [0.29, 0.717) is 11.1 Å². The lowest BCUT2D eigenvalue weighted by atomic mass is 10.1. The van der Waals surface area contributed by atoms with Crippen molar-refractivity contribution in [1.29, 1.82) is 0 Å². The summed E-state index contributed by atoms with van der Waals surface area (Å²) in [6, 6.07) is 16.7. The predicted molar refractivity (Wildman–Crippen MR) is 95.6 cm³/mol. The van der Waals surface area contributed by atoms with Crippen molar-refractivity contribution in [3.8, 4) is 0 Å². The second-order valence-corrected chi connectivity index (χ2v) is 6.94. The van der Waals surface area contributed by atoms with E-state index in [0.717, 1.165) is 12.2 Å². The van der Waals surface area contributed by atoms with Crippen LogP contribution in [0.15, 0.2) is 58.2 Å². The number of thioether (sulfide) groups is 1. The summed E-state index contributed by atoms with van der Waals surface area (Å²) in [5.41, 5.74) is 9.23. The quantitative estimate of drug-likeness (QED) is 0.697. The van der Waals surface area contributed by atoms with Gasteiger partial charge in [0.15, 0.2) is 6.04 Å². The number of aromatic nitrogens is 2. The summed E-state index contributed by atoms with van der Waals surface area (Å²) in [5.74, 6) is 1.43. The van der Waals surface area contributed by atoms with Gasteiger partial charge in [0, 0.05) is 12.2 Å². The topological polar surface area (TPSA) is 66.6 Å². The normalized spacial score (nSPS) is 12.3. The lowest BCUT2D eigenvalue weighted by Gasteiger charge is -2.05. The van der Waals surface area contributed by atoms with E-state index in [1.165, 1.54) is 22.3 Å². The number of rotatable bonds is 6. The second kappa shape index (κ2) is 7.64. The van der Waals surface area contributed by atoms with Crippen molar-refractivity contribution in [3.05, 3.63) is 76.7 Å². The number of benzene rings is 2. The summed E-state index contributed by atoms with van der Waals surface area (Å²) in [4.78, 5) is 0. The Hall–Kier alpha value is -2.11. The van der Waals surface area contributed by atoms with Gasteiger partial charge in [-0.2, -0.15) is 0 Å². The van der Waals surface area contributed by atoms with Gasteiger partial charge in [0.25, 0.3) is 11.1 Å². The molecule has 0 amide bonds. The largest absolute Gasteiger partial charge is 0.410 e. The van der Waals surface area contributed by atoms with Gasteiger partial charge >= 0.3 is 0 Å². The van der Waals surface area contributed by atoms with Crippen molar-refractivity contribution in [1.82, 2.24) is 10.2 Å². The summed E-state index contributed by atoms with van der Waals surface area (Å²) in [5, 5.41) is 8.92. The molecule has 1 unspecified atom stereocenters. The first-order chi connectivity index (χ1) is 11.6. The minimum absolute atomic E-state index is 0.0324. The third kappa shape index (κ3) is 4.24. The van der Waals surface area contributed by atoms with Crippen molar-refractivity contribution in [2.75, 3.05) is 0 Å². The molecule has 0 aliphatic heterocycles.